The molecule has 176 valence electrons. The number of esters is 3. The molecule has 9 nitrogen and oxygen atoms in total. The van der Waals surface area contributed by atoms with Crippen LogP contribution in [0.3, 0.4) is 0 Å². The lowest BCUT2D eigenvalue weighted by molar-refractivity contribution is -0.163. The van der Waals surface area contributed by atoms with Gasteiger partial charge in [-0.25, -0.2) is 0 Å². The van der Waals surface area contributed by atoms with Gasteiger partial charge in [0.15, 0.2) is 0 Å². The van der Waals surface area contributed by atoms with Gasteiger partial charge in [0.1, 0.15) is 19.8 Å². The van der Waals surface area contributed by atoms with Crippen LogP contribution in [0.2, 0.25) is 0 Å². The maximum atomic E-state index is 12.1. The van der Waals surface area contributed by atoms with Crippen molar-refractivity contribution in [3.8, 4) is 0 Å². The lowest BCUT2D eigenvalue weighted by Crippen LogP contribution is -2.40. The van der Waals surface area contributed by atoms with Crippen molar-refractivity contribution in [2.24, 2.45) is 5.41 Å². The predicted octanol–water partition coefficient (Wildman–Crippen LogP) is 1.43. The molecule has 0 spiro atoms. The Morgan fingerprint density at radius 3 is 1.43 bits per heavy atom. The van der Waals surface area contributed by atoms with Crippen LogP contribution in [0.4, 0.5) is 0 Å². The molecule has 30 heavy (non-hydrogen) atoms. The Morgan fingerprint density at radius 1 is 0.767 bits per heavy atom. The maximum absolute atomic E-state index is 12.1. The summed E-state index contributed by atoms with van der Waals surface area (Å²) < 4.78 is 21.4. The summed E-state index contributed by atoms with van der Waals surface area (Å²) in [5.74, 6) is -1.17. The zero-order chi connectivity index (χ0) is 23.2. The van der Waals surface area contributed by atoms with Crippen molar-refractivity contribution in [1.82, 2.24) is 10.6 Å². The zero-order valence-corrected chi connectivity index (χ0v) is 19.5. The molecule has 0 aromatic rings. The molecule has 0 aliphatic rings. The topological polar surface area (TPSA) is 112 Å². The van der Waals surface area contributed by atoms with Crippen molar-refractivity contribution in [1.29, 1.82) is 0 Å². The van der Waals surface area contributed by atoms with E-state index < -0.39 is 11.4 Å². The summed E-state index contributed by atoms with van der Waals surface area (Å²) in [5.41, 5.74) is -0.816. The smallest absolute Gasteiger partial charge is 0.308 e. The number of carbonyl (C=O) groups excluding carboxylic acids is 3. The van der Waals surface area contributed by atoms with Gasteiger partial charge in [0.25, 0.3) is 0 Å². The second kappa shape index (κ2) is 15.1. The molecule has 0 aliphatic heterocycles. The molecular formula is C21H40N2O7. The van der Waals surface area contributed by atoms with Gasteiger partial charge in [-0.05, 0) is 41.3 Å². The average Bonchev–Trinajstić information content (AvgIpc) is 2.73. The SMILES string of the molecule is CCC(COC(=O)CC(C)NC)(COC(=O)CC(C)NC)COC(=O)CC(C)OC. The van der Waals surface area contributed by atoms with E-state index in [0.29, 0.717) is 6.42 Å². The fourth-order valence-electron chi connectivity index (χ4n) is 2.33. The molecule has 0 saturated carbocycles. The molecule has 0 saturated heterocycles. The third kappa shape index (κ3) is 12.1. The Bertz CT molecular complexity index is 458. The Balaban J connectivity index is 5.06. The van der Waals surface area contributed by atoms with Crippen molar-refractivity contribution >= 4 is 17.9 Å². The van der Waals surface area contributed by atoms with Crippen molar-refractivity contribution in [3.05, 3.63) is 0 Å². The molecule has 0 radical (unpaired) electrons. The molecule has 3 atom stereocenters. The normalized spacial score (nSPS) is 16.1. The molecule has 0 aliphatic carbocycles. The standard InChI is InChI=1S/C21H40N2O7/c1-8-21(12-28-18(24)9-15(2)22-5,13-29-19(25)10-16(3)23-6)14-30-20(26)11-17(4)27-7/h15-17,22-23H,8-14H2,1-7H3. The van der Waals surface area contributed by atoms with Gasteiger partial charge in [0.2, 0.25) is 0 Å². The van der Waals surface area contributed by atoms with Gasteiger partial charge in [-0.1, -0.05) is 6.92 Å². The van der Waals surface area contributed by atoms with Crippen LogP contribution < -0.4 is 10.6 Å². The fourth-order valence-corrected chi connectivity index (χ4v) is 2.33. The van der Waals surface area contributed by atoms with Crippen molar-refractivity contribution < 1.29 is 33.3 Å². The highest BCUT2D eigenvalue weighted by Gasteiger charge is 2.34. The first-order valence-electron chi connectivity index (χ1n) is 10.5. The summed E-state index contributed by atoms with van der Waals surface area (Å²) in [5, 5.41) is 5.95. The van der Waals surface area contributed by atoms with Crippen LogP contribution in [-0.2, 0) is 33.3 Å². The minimum atomic E-state index is -0.816. The largest absolute Gasteiger partial charge is 0.465 e. The van der Waals surface area contributed by atoms with Crippen LogP contribution in [0.15, 0.2) is 0 Å². The lowest BCUT2D eigenvalue weighted by atomic mass is 9.88. The number of hydrogen-bond acceptors (Lipinski definition) is 9. The second-order valence-electron chi connectivity index (χ2n) is 7.87. The van der Waals surface area contributed by atoms with Crippen LogP contribution in [-0.4, -0.2) is 77.1 Å². The van der Waals surface area contributed by atoms with Crippen molar-refractivity contribution in [2.45, 2.75) is 71.6 Å². The molecule has 0 aromatic heterocycles. The van der Waals surface area contributed by atoms with Gasteiger partial charge < -0.3 is 29.6 Å². The summed E-state index contributed by atoms with van der Waals surface area (Å²) >= 11 is 0. The monoisotopic (exact) mass is 432 g/mol. The molecule has 0 heterocycles. The van der Waals surface area contributed by atoms with Crippen LogP contribution in [0.25, 0.3) is 0 Å². The summed E-state index contributed by atoms with van der Waals surface area (Å²) in [6, 6.07) is -0.0505. The summed E-state index contributed by atoms with van der Waals surface area (Å²) in [6.45, 7) is 7.34. The highest BCUT2D eigenvalue weighted by molar-refractivity contribution is 5.71. The van der Waals surface area contributed by atoms with E-state index in [1.165, 1.54) is 7.11 Å². The van der Waals surface area contributed by atoms with E-state index in [1.807, 2.05) is 20.8 Å². The molecule has 3 unspecified atom stereocenters. The van der Waals surface area contributed by atoms with Crippen molar-refractivity contribution in [2.75, 3.05) is 41.0 Å². The third-order valence-corrected chi connectivity index (χ3v) is 5.16. The first-order valence-corrected chi connectivity index (χ1v) is 10.5. The highest BCUT2D eigenvalue weighted by atomic mass is 16.6. The number of carbonyl (C=O) groups is 3. The first-order chi connectivity index (χ1) is 14.1. The lowest BCUT2D eigenvalue weighted by Gasteiger charge is -2.31. The fraction of sp³-hybridized carbons (Fsp3) is 0.857. The van der Waals surface area contributed by atoms with E-state index in [0.717, 1.165) is 0 Å². The van der Waals surface area contributed by atoms with E-state index in [9.17, 15) is 14.4 Å². The second-order valence-corrected chi connectivity index (χ2v) is 7.87. The minimum Gasteiger partial charge on any atom is -0.465 e. The maximum Gasteiger partial charge on any atom is 0.308 e. The highest BCUT2D eigenvalue weighted by Crippen LogP contribution is 2.25. The van der Waals surface area contributed by atoms with Gasteiger partial charge in [-0.3, -0.25) is 14.4 Å². The van der Waals surface area contributed by atoms with E-state index in [1.54, 1.807) is 21.0 Å². The summed E-state index contributed by atoms with van der Waals surface area (Å²) in [7, 11) is 5.05. The van der Waals surface area contributed by atoms with Crippen LogP contribution in [0.5, 0.6) is 0 Å². The molecule has 0 bridgehead atoms. The first kappa shape index (κ1) is 28.3. The van der Waals surface area contributed by atoms with Gasteiger partial charge in [-0.2, -0.15) is 0 Å². The Hall–Kier alpha value is -1.71. The van der Waals surface area contributed by atoms with E-state index in [4.69, 9.17) is 18.9 Å². The minimum absolute atomic E-state index is 0.0132. The molecular weight excluding hydrogens is 392 g/mol. The molecule has 2 N–H and O–H groups in total. The Labute approximate surface area is 180 Å². The van der Waals surface area contributed by atoms with Gasteiger partial charge >= 0.3 is 17.9 Å². The van der Waals surface area contributed by atoms with E-state index in [-0.39, 0.29) is 69.2 Å². The van der Waals surface area contributed by atoms with Crippen LogP contribution in [0, 0.1) is 5.41 Å². The zero-order valence-electron chi connectivity index (χ0n) is 19.5. The Morgan fingerprint density at radius 2 is 1.13 bits per heavy atom. The number of ether oxygens (including phenoxy) is 4. The Kier molecular flexibility index (Phi) is 14.3. The summed E-state index contributed by atoms with van der Waals surface area (Å²) in [6.07, 6.45) is 0.746. The molecule has 0 amide bonds. The molecule has 0 rings (SSSR count). The molecule has 0 fully saturated rings. The number of methoxy groups -OCH3 is 1. The average molecular weight is 433 g/mol. The van der Waals surface area contributed by atoms with E-state index >= 15 is 0 Å². The quantitative estimate of drug-likeness (QED) is 0.276. The van der Waals surface area contributed by atoms with Crippen LogP contribution in [0.1, 0.15) is 53.4 Å². The third-order valence-electron chi connectivity index (χ3n) is 5.16. The summed E-state index contributed by atoms with van der Waals surface area (Å²) in [4.78, 5) is 36.3. The number of nitrogens with one attached hydrogen (secondary N) is 2. The molecule has 0 aromatic carbocycles. The number of hydrogen-bond donors (Lipinski definition) is 2. The van der Waals surface area contributed by atoms with Gasteiger partial charge in [0.05, 0.1) is 30.8 Å². The van der Waals surface area contributed by atoms with Crippen molar-refractivity contribution in [3.63, 3.8) is 0 Å². The van der Waals surface area contributed by atoms with Crippen LogP contribution >= 0.6 is 0 Å². The predicted molar refractivity (Wildman–Crippen MR) is 113 cm³/mol. The number of rotatable bonds is 16. The van der Waals surface area contributed by atoms with Gasteiger partial charge in [0, 0.05) is 19.2 Å². The van der Waals surface area contributed by atoms with E-state index in [2.05, 4.69) is 10.6 Å². The van der Waals surface area contributed by atoms with Gasteiger partial charge in [-0.15, -0.1) is 0 Å². The molecule has 9 heteroatoms.